The van der Waals surface area contributed by atoms with E-state index in [1.54, 1.807) is 0 Å². The summed E-state index contributed by atoms with van der Waals surface area (Å²) in [6.45, 7) is 1.62. The largest absolute Gasteiger partial charge is 0.389 e. The maximum Gasteiger partial charge on any atom is 0.189 e. The van der Waals surface area contributed by atoms with Gasteiger partial charge in [-0.1, -0.05) is 23.4 Å². The molecule has 0 bridgehead atoms. The Hall–Kier alpha value is -1.22. The number of aromatic nitrogens is 3. The summed E-state index contributed by atoms with van der Waals surface area (Å²) in [6.07, 6.45) is 2.64. The zero-order chi connectivity index (χ0) is 15.7. The van der Waals surface area contributed by atoms with Crippen molar-refractivity contribution in [1.29, 1.82) is 0 Å². The summed E-state index contributed by atoms with van der Waals surface area (Å²) < 4.78 is 19.6. The lowest BCUT2D eigenvalue weighted by Crippen LogP contribution is -2.33. The fourth-order valence-electron chi connectivity index (χ4n) is 2.32. The van der Waals surface area contributed by atoms with Gasteiger partial charge in [0.15, 0.2) is 16.1 Å². The predicted octanol–water partition coefficient (Wildman–Crippen LogP) is 1.74. The van der Waals surface area contributed by atoms with Crippen LogP contribution in [0.15, 0.2) is 11.4 Å². The second-order valence-corrected chi connectivity index (χ2v) is 5.97. The summed E-state index contributed by atoms with van der Waals surface area (Å²) in [5.41, 5.74) is 0.133. The Kier molecular flexibility index (Phi) is 4.62. The van der Waals surface area contributed by atoms with Crippen molar-refractivity contribution >= 4 is 40.1 Å². The van der Waals surface area contributed by atoms with Gasteiger partial charge < -0.3 is 14.7 Å². The van der Waals surface area contributed by atoms with E-state index >= 15 is 0 Å². The Morgan fingerprint density at radius 3 is 3.09 bits per heavy atom. The number of anilines is 1. The van der Waals surface area contributed by atoms with E-state index in [1.165, 1.54) is 18.0 Å². The lowest BCUT2D eigenvalue weighted by Gasteiger charge is -2.24. The Bertz CT molecular complexity index is 705. The van der Waals surface area contributed by atoms with E-state index in [2.05, 4.69) is 15.0 Å². The van der Waals surface area contributed by atoms with Crippen LogP contribution in [0.25, 0.3) is 10.9 Å². The predicted molar refractivity (Wildman–Crippen MR) is 83.1 cm³/mol. The Labute approximate surface area is 135 Å². The van der Waals surface area contributed by atoms with Gasteiger partial charge in [0.2, 0.25) is 0 Å². The van der Waals surface area contributed by atoms with Crippen molar-refractivity contribution in [2.45, 2.75) is 11.3 Å². The van der Waals surface area contributed by atoms with Crippen molar-refractivity contribution in [1.82, 2.24) is 15.0 Å². The van der Waals surface area contributed by atoms with Gasteiger partial charge in [-0.3, -0.25) is 0 Å². The third-order valence-electron chi connectivity index (χ3n) is 3.33. The van der Waals surface area contributed by atoms with Crippen molar-refractivity contribution in [3.05, 3.63) is 17.2 Å². The van der Waals surface area contributed by atoms with Gasteiger partial charge in [-0.25, -0.2) is 19.3 Å². The molecule has 1 atom stereocenters. The van der Waals surface area contributed by atoms with Crippen molar-refractivity contribution in [3.8, 4) is 0 Å². The van der Waals surface area contributed by atoms with Crippen LogP contribution in [0.5, 0.6) is 0 Å². The van der Waals surface area contributed by atoms with E-state index in [0.29, 0.717) is 36.1 Å². The highest BCUT2D eigenvalue weighted by Gasteiger charge is 2.22. The van der Waals surface area contributed by atoms with Crippen molar-refractivity contribution < 1.29 is 14.2 Å². The number of halogens is 2. The molecule has 22 heavy (non-hydrogen) atoms. The molecular formula is C13H14ClFN4O2S. The molecule has 3 rings (SSSR count). The topological polar surface area (TPSA) is 71.4 Å². The van der Waals surface area contributed by atoms with Gasteiger partial charge in [0, 0.05) is 19.3 Å². The van der Waals surface area contributed by atoms with Crippen molar-refractivity contribution in [2.75, 3.05) is 37.5 Å². The lowest BCUT2D eigenvalue weighted by molar-refractivity contribution is 0.0597. The van der Waals surface area contributed by atoms with E-state index in [-0.39, 0.29) is 17.3 Å². The number of ether oxygens (including phenoxy) is 1. The number of aliphatic hydroxyl groups excluding tert-OH is 1. The van der Waals surface area contributed by atoms with Gasteiger partial charge in [0.1, 0.15) is 11.3 Å². The van der Waals surface area contributed by atoms with Gasteiger partial charge in [-0.2, -0.15) is 0 Å². The van der Waals surface area contributed by atoms with E-state index in [1.807, 2.05) is 11.2 Å². The summed E-state index contributed by atoms with van der Waals surface area (Å²) in [6, 6.07) is 0. The van der Waals surface area contributed by atoms with Crippen LogP contribution in [0.4, 0.5) is 10.2 Å². The Morgan fingerprint density at radius 1 is 1.50 bits per heavy atom. The Balaban J connectivity index is 2.16. The molecule has 0 unspecified atom stereocenters. The van der Waals surface area contributed by atoms with Gasteiger partial charge >= 0.3 is 0 Å². The fourth-order valence-corrected chi connectivity index (χ4v) is 2.82. The average molecular weight is 345 g/mol. The molecule has 3 heterocycles. The fraction of sp³-hybridized carbons (Fsp3) is 0.462. The molecule has 2 aromatic heterocycles. The molecule has 0 aliphatic carbocycles. The second-order valence-electron chi connectivity index (χ2n) is 4.83. The number of fused-ring (bicyclic) bond motifs is 1. The first kappa shape index (κ1) is 15.7. The van der Waals surface area contributed by atoms with Crippen LogP contribution in [-0.2, 0) is 4.74 Å². The number of aliphatic hydroxyl groups is 1. The average Bonchev–Trinajstić information content (AvgIpc) is 2.74. The third-order valence-corrected chi connectivity index (χ3v) is 4.14. The van der Waals surface area contributed by atoms with E-state index in [0.717, 1.165) is 0 Å². The molecule has 1 fully saturated rings. The van der Waals surface area contributed by atoms with Crippen LogP contribution in [0.2, 0.25) is 5.15 Å². The van der Waals surface area contributed by atoms with Crippen LogP contribution in [-0.4, -0.2) is 58.7 Å². The molecule has 1 N–H and O–H groups in total. The minimum Gasteiger partial charge on any atom is -0.389 e. The molecule has 0 amide bonds. The molecular weight excluding hydrogens is 331 g/mol. The first-order valence-electron chi connectivity index (χ1n) is 6.66. The monoisotopic (exact) mass is 344 g/mol. The van der Waals surface area contributed by atoms with Crippen LogP contribution >= 0.6 is 23.4 Å². The van der Waals surface area contributed by atoms with Gasteiger partial charge in [-0.15, -0.1) is 0 Å². The highest BCUT2D eigenvalue weighted by Crippen LogP contribution is 2.30. The summed E-state index contributed by atoms with van der Waals surface area (Å²) in [5, 5.41) is 10.6. The smallest absolute Gasteiger partial charge is 0.189 e. The first-order valence-corrected chi connectivity index (χ1v) is 8.27. The highest BCUT2D eigenvalue weighted by molar-refractivity contribution is 7.98. The maximum absolute atomic E-state index is 14.2. The van der Waals surface area contributed by atoms with E-state index in [4.69, 9.17) is 16.3 Å². The quantitative estimate of drug-likeness (QED) is 0.505. The summed E-state index contributed by atoms with van der Waals surface area (Å²) in [5.74, 6) is -0.133. The third kappa shape index (κ3) is 2.96. The molecule has 0 saturated carbocycles. The molecule has 0 spiro atoms. The van der Waals surface area contributed by atoms with Crippen LogP contribution in [0, 0.1) is 5.82 Å². The van der Waals surface area contributed by atoms with Crippen molar-refractivity contribution in [2.24, 2.45) is 0 Å². The second kappa shape index (κ2) is 6.49. The highest BCUT2D eigenvalue weighted by atomic mass is 35.5. The molecule has 1 aliphatic heterocycles. The molecule has 6 nitrogen and oxygen atoms in total. The molecule has 9 heteroatoms. The normalized spacial score (nSPS) is 19.5. The standard InChI is InChI=1S/C13H14ClFN4O2S/c1-22-13-17-10-8(4-16-11(14)9(10)15)12(18-13)19-2-3-21-6-7(20)5-19/h4,7,20H,2-3,5-6H2,1H3/t7-/m0/s1. The number of hydrogen-bond donors (Lipinski definition) is 1. The molecule has 118 valence electrons. The molecule has 2 aromatic rings. The summed E-state index contributed by atoms with van der Waals surface area (Å²) >= 11 is 7.05. The van der Waals surface area contributed by atoms with Crippen molar-refractivity contribution in [3.63, 3.8) is 0 Å². The number of thioether (sulfide) groups is 1. The summed E-state index contributed by atoms with van der Waals surface area (Å²) in [4.78, 5) is 14.3. The number of rotatable bonds is 2. The van der Waals surface area contributed by atoms with Crippen LogP contribution in [0.1, 0.15) is 0 Å². The molecule has 1 saturated heterocycles. The van der Waals surface area contributed by atoms with Crippen LogP contribution in [0.3, 0.4) is 0 Å². The minimum absolute atomic E-state index is 0.133. The molecule has 0 aromatic carbocycles. The number of β-amino-alcohol motifs (C(OH)–C–C–N with tert-alkyl or cyclic N) is 1. The maximum atomic E-state index is 14.2. The molecule has 1 aliphatic rings. The molecule has 0 radical (unpaired) electrons. The van der Waals surface area contributed by atoms with Gasteiger partial charge in [0.25, 0.3) is 0 Å². The van der Waals surface area contributed by atoms with Gasteiger partial charge in [-0.05, 0) is 6.26 Å². The number of hydrogen-bond acceptors (Lipinski definition) is 7. The summed E-state index contributed by atoms with van der Waals surface area (Å²) in [7, 11) is 0. The van der Waals surface area contributed by atoms with Crippen LogP contribution < -0.4 is 4.90 Å². The minimum atomic E-state index is -0.662. The Morgan fingerprint density at radius 2 is 2.32 bits per heavy atom. The number of pyridine rings is 1. The first-order chi connectivity index (χ1) is 10.6. The zero-order valence-electron chi connectivity index (χ0n) is 11.8. The van der Waals surface area contributed by atoms with Gasteiger partial charge in [0.05, 0.1) is 24.7 Å². The number of nitrogens with zero attached hydrogens (tertiary/aromatic N) is 4. The van der Waals surface area contributed by atoms with E-state index in [9.17, 15) is 9.50 Å². The lowest BCUT2D eigenvalue weighted by atomic mass is 10.2. The SMILES string of the molecule is CSc1nc(N2CCOC[C@@H](O)C2)c2cnc(Cl)c(F)c2n1. The zero-order valence-corrected chi connectivity index (χ0v) is 13.4. The van der Waals surface area contributed by atoms with E-state index < -0.39 is 11.9 Å².